The highest BCUT2D eigenvalue weighted by Crippen LogP contribution is 2.28. The molecular weight excluding hydrogens is 498 g/mol. The summed E-state index contributed by atoms with van der Waals surface area (Å²) < 4.78 is 28.1. The van der Waals surface area contributed by atoms with Crippen LogP contribution in [0.25, 0.3) is 10.9 Å². The lowest BCUT2D eigenvalue weighted by Gasteiger charge is -2.25. The van der Waals surface area contributed by atoms with E-state index in [4.69, 9.17) is 5.73 Å². The number of halogens is 2. The number of carbonyl (C=O) groups excluding carboxylic acids is 2. The first-order valence-electron chi connectivity index (χ1n) is 11.2. The molecule has 0 saturated heterocycles. The first kappa shape index (κ1) is 25.9. The lowest BCUT2D eigenvalue weighted by molar-refractivity contribution is 0.0997. The Morgan fingerprint density at radius 3 is 2.39 bits per heavy atom. The Hall–Kier alpha value is -5.13. The number of benzene rings is 3. The minimum Gasteiger partial charge on any atom is -0.465 e. The van der Waals surface area contributed by atoms with Gasteiger partial charge in [-0.2, -0.15) is 0 Å². The number of rotatable bonds is 8. The second-order valence-electron chi connectivity index (χ2n) is 8.32. The van der Waals surface area contributed by atoms with E-state index in [2.05, 4.69) is 20.6 Å². The van der Waals surface area contributed by atoms with Crippen molar-refractivity contribution in [2.45, 2.75) is 6.04 Å². The van der Waals surface area contributed by atoms with E-state index in [1.54, 1.807) is 30.3 Å². The van der Waals surface area contributed by atoms with E-state index in [1.165, 1.54) is 25.5 Å². The topological polar surface area (TPSA) is 151 Å². The summed E-state index contributed by atoms with van der Waals surface area (Å²) in [4.78, 5) is 45.5. The third kappa shape index (κ3) is 5.48. The van der Waals surface area contributed by atoms with E-state index in [-0.39, 0.29) is 17.8 Å². The number of hydrogen-bond acceptors (Lipinski definition) is 6. The van der Waals surface area contributed by atoms with Crippen LogP contribution in [0.5, 0.6) is 0 Å². The molecule has 4 rings (SSSR count). The lowest BCUT2D eigenvalue weighted by Crippen LogP contribution is -2.32. The number of amides is 3. The highest BCUT2D eigenvalue weighted by molar-refractivity contribution is 6.07. The number of aromatic nitrogens is 2. The fourth-order valence-corrected chi connectivity index (χ4v) is 3.89. The number of para-hydroxylation sites is 1. The number of hydrogen-bond donors (Lipinski definition) is 4. The van der Waals surface area contributed by atoms with E-state index in [0.29, 0.717) is 22.3 Å². The predicted molar refractivity (Wildman–Crippen MR) is 136 cm³/mol. The van der Waals surface area contributed by atoms with E-state index in [1.807, 2.05) is 0 Å². The van der Waals surface area contributed by atoms with Gasteiger partial charge in [-0.05, 0) is 42.0 Å². The van der Waals surface area contributed by atoms with Crippen molar-refractivity contribution in [2.75, 3.05) is 24.2 Å². The van der Waals surface area contributed by atoms with Crippen molar-refractivity contribution in [1.82, 2.24) is 14.9 Å². The van der Waals surface area contributed by atoms with Crippen LogP contribution in [0.4, 0.5) is 25.1 Å². The summed E-state index contributed by atoms with van der Waals surface area (Å²) in [5, 5.41) is 15.6. The maximum Gasteiger partial charge on any atom is 0.407 e. The monoisotopic (exact) mass is 520 g/mol. The molecule has 4 aromatic rings. The number of fused-ring (bicyclic) bond motifs is 1. The van der Waals surface area contributed by atoms with Gasteiger partial charge in [-0.3, -0.25) is 9.59 Å². The van der Waals surface area contributed by atoms with Gasteiger partial charge in [0.1, 0.15) is 29.3 Å². The van der Waals surface area contributed by atoms with Crippen molar-refractivity contribution in [2.24, 2.45) is 5.73 Å². The average Bonchev–Trinajstić information content (AvgIpc) is 2.88. The van der Waals surface area contributed by atoms with Crippen LogP contribution in [0.1, 0.15) is 32.3 Å². The molecule has 0 bridgehead atoms. The van der Waals surface area contributed by atoms with Crippen molar-refractivity contribution >= 4 is 40.3 Å². The minimum atomic E-state index is -1.18. The molecule has 38 heavy (non-hydrogen) atoms. The van der Waals surface area contributed by atoms with Crippen LogP contribution in [0.15, 0.2) is 67.0 Å². The van der Waals surface area contributed by atoms with Crippen LogP contribution in [0, 0.1) is 11.6 Å². The summed E-state index contributed by atoms with van der Waals surface area (Å²) in [6, 6.07) is 13.6. The number of carboxylic acid groups (broad SMARTS) is 1. The van der Waals surface area contributed by atoms with Gasteiger partial charge in [-0.25, -0.2) is 23.5 Å². The lowest BCUT2D eigenvalue weighted by atomic mass is 10.0. The molecule has 10 nitrogen and oxygen atoms in total. The summed E-state index contributed by atoms with van der Waals surface area (Å²) >= 11 is 0. The van der Waals surface area contributed by atoms with Crippen LogP contribution in [0.3, 0.4) is 0 Å². The second kappa shape index (κ2) is 10.9. The van der Waals surface area contributed by atoms with Crippen LogP contribution in [0.2, 0.25) is 0 Å². The Balaban J connectivity index is 1.69. The standard InChI is InChI=1S/C26H22F2N6O4/c1-34(26(37)38)12-20(33-24-17-8-3-7-16(23(29)35)22(17)30-13-31-24)14-5-2-6-15(11-14)32-25(36)21-18(27)9-4-10-19(21)28/h2-11,13,20H,12H2,1H3,(H2,29,35)(H,32,36)(H,37,38)(H,30,31,33). The largest absolute Gasteiger partial charge is 0.465 e. The average molecular weight is 520 g/mol. The van der Waals surface area contributed by atoms with E-state index in [9.17, 15) is 28.3 Å². The zero-order chi connectivity index (χ0) is 27.4. The van der Waals surface area contributed by atoms with Crippen molar-refractivity contribution in [3.63, 3.8) is 0 Å². The van der Waals surface area contributed by atoms with Gasteiger partial charge in [-0.15, -0.1) is 0 Å². The van der Waals surface area contributed by atoms with Crippen molar-refractivity contribution < 1.29 is 28.3 Å². The van der Waals surface area contributed by atoms with Crippen LogP contribution >= 0.6 is 0 Å². The molecule has 12 heteroatoms. The maximum atomic E-state index is 14.1. The van der Waals surface area contributed by atoms with E-state index < -0.39 is 41.1 Å². The molecule has 0 saturated carbocycles. The predicted octanol–water partition coefficient (Wildman–Crippen LogP) is 4.02. The molecule has 1 heterocycles. The number of likely N-dealkylation sites (N-methyl/N-ethyl adjacent to an activating group) is 1. The number of carbonyl (C=O) groups is 3. The molecule has 1 atom stereocenters. The van der Waals surface area contributed by atoms with Crippen LogP contribution in [-0.4, -0.2) is 51.5 Å². The Morgan fingerprint density at radius 2 is 1.71 bits per heavy atom. The normalized spacial score (nSPS) is 11.6. The molecular formula is C26H22F2N6O4. The zero-order valence-electron chi connectivity index (χ0n) is 20.0. The molecule has 5 N–H and O–H groups in total. The Bertz CT molecular complexity index is 1530. The van der Waals surface area contributed by atoms with Gasteiger partial charge in [0.05, 0.1) is 17.1 Å². The van der Waals surface area contributed by atoms with Gasteiger partial charge in [0, 0.05) is 24.7 Å². The van der Waals surface area contributed by atoms with E-state index in [0.717, 1.165) is 23.1 Å². The van der Waals surface area contributed by atoms with Crippen molar-refractivity contribution in [3.8, 4) is 0 Å². The number of primary amides is 1. The molecule has 3 amide bonds. The molecule has 0 aliphatic rings. The molecule has 0 aliphatic heterocycles. The summed E-state index contributed by atoms with van der Waals surface area (Å²) in [7, 11) is 1.38. The van der Waals surface area contributed by atoms with Crippen molar-refractivity contribution in [1.29, 1.82) is 0 Å². The van der Waals surface area contributed by atoms with Gasteiger partial charge in [0.2, 0.25) is 0 Å². The number of nitrogens with zero attached hydrogens (tertiary/aromatic N) is 3. The third-order valence-electron chi connectivity index (χ3n) is 5.76. The number of anilines is 2. The molecule has 0 aliphatic carbocycles. The molecule has 3 aromatic carbocycles. The first-order valence-corrected chi connectivity index (χ1v) is 11.2. The van der Waals surface area contributed by atoms with E-state index >= 15 is 0 Å². The quantitative estimate of drug-likeness (QED) is 0.274. The fraction of sp³-hybridized carbons (Fsp3) is 0.115. The Kier molecular flexibility index (Phi) is 7.42. The maximum absolute atomic E-state index is 14.1. The Labute approximate surface area is 215 Å². The molecule has 194 valence electrons. The smallest absolute Gasteiger partial charge is 0.407 e. The van der Waals surface area contributed by atoms with Gasteiger partial charge >= 0.3 is 6.09 Å². The van der Waals surface area contributed by atoms with Crippen LogP contribution < -0.4 is 16.4 Å². The highest BCUT2D eigenvalue weighted by atomic mass is 19.1. The molecule has 1 aromatic heterocycles. The molecule has 0 spiro atoms. The fourth-order valence-electron chi connectivity index (χ4n) is 3.89. The Morgan fingerprint density at radius 1 is 1.03 bits per heavy atom. The highest BCUT2D eigenvalue weighted by Gasteiger charge is 2.21. The summed E-state index contributed by atoms with van der Waals surface area (Å²) in [6.45, 7) is -0.0460. The van der Waals surface area contributed by atoms with Gasteiger partial charge in [-0.1, -0.05) is 24.3 Å². The van der Waals surface area contributed by atoms with Gasteiger partial charge in [0.15, 0.2) is 0 Å². The molecule has 0 radical (unpaired) electrons. The second-order valence-corrected chi connectivity index (χ2v) is 8.32. The SMILES string of the molecule is CN(CC(Nc1ncnc2c(C(N)=O)cccc12)c1cccc(NC(=O)c2c(F)cccc2F)c1)C(=O)O. The van der Waals surface area contributed by atoms with Crippen LogP contribution in [-0.2, 0) is 0 Å². The van der Waals surface area contributed by atoms with Gasteiger partial charge < -0.3 is 26.4 Å². The zero-order valence-corrected chi connectivity index (χ0v) is 20.0. The summed E-state index contributed by atoms with van der Waals surface area (Å²) in [6.07, 6.45) is 0.0640. The van der Waals surface area contributed by atoms with Crippen molar-refractivity contribution in [3.05, 3.63) is 95.3 Å². The first-order chi connectivity index (χ1) is 18.2. The third-order valence-corrected chi connectivity index (χ3v) is 5.76. The van der Waals surface area contributed by atoms with Gasteiger partial charge in [0.25, 0.3) is 11.8 Å². The number of nitrogens with one attached hydrogen (secondary N) is 2. The summed E-state index contributed by atoms with van der Waals surface area (Å²) in [5.41, 5.74) is 6.00. The summed E-state index contributed by atoms with van der Waals surface area (Å²) in [5.74, 6) is -3.35. The number of nitrogens with two attached hydrogens (primary N) is 1. The minimum absolute atomic E-state index is 0.0460. The molecule has 0 fully saturated rings. The molecule has 1 unspecified atom stereocenters.